The zero-order valence-electron chi connectivity index (χ0n) is 15.3. The normalized spacial score (nSPS) is 11.4. The van der Waals surface area contributed by atoms with Crippen LogP contribution in [0.2, 0.25) is 0 Å². The van der Waals surface area contributed by atoms with E-state index >= 15 is 0 Å². The summed E-state index contributed by atoms with van der Waals surface area (Å²) in [7, 11) is 1.60. The molecule has 0 bridgehead atoms. The second-order valence-corrected chi connectivity index (χ2v) is 7.06. The van der Waals surface area contributed by atoms with E-state index in [4.69, 9.17) is 4.74 Å². The lowest BCUT2D eigenvalue weighted by Crippen LogP contribution is -2.19. The van der Waals surface area contributed by atoms with Crippen molar-refractivity contribution in [1.82, 2.24) is 5.43 Å². The maximum Gasteiger partial charge on any atom is 0.271 e. The number of nitrogens with zero attached hydrogens (tertiary/aromatic N) is 1. The number of amides is 1. The van der Waals surface area contributed by atoms with E-state index in [1.807, 2.05) is 72.8 Å². The molecule has 0 spiro atoms. The molecule has 0 heterocycles. The van der Waals surface area contributed by atoms with Crippen molar-refractivity contribution in [3.63, 3.8) is 0 Å². The third-order valence-corrected chi connectivity index (χ3v) is 4.84. The third-order valence-electron chi connectivity index (χ3n) is 3.99. The van der Waals surface area contributed by atoms with Crippen LogP contribution in [0.3, 0.4) is 0 Å². The van der Waals surface area contributed by atoms with E-state index in [9.17, 15) is 4.79 Å². The third kappa shape index (κ3) is 5.29. The van der Waals surface area contributed by atoms with Gasteiger partial charge < -0.3 is 4.74 Å². The fourth-order valence-corrected chi connectivity index (χ4v) is 3.26. The largest absolute Gasteiger partial charge is 0.496 e. The molecule has 3 rings (SSSR count). The summed E-state index contributed by atoms with van der Waals surface area (Å²) in [6, 6.07) is 24.9. The number of hydrogen-bond acceptors (Lipinski definition) is 3. The Bertz CT molecular complexity index is 1000. The van der Waals surface area contributed by atoms with Crippen LogP contribution >= 0.6 is 22.6 Å². The van der Waals surface area contributed by atoms with Crippen LogP contribution in [-0.4, -0.2) is 18.7 Å². The SMILES string of the molecule is COc1ccc(C(=O)N/N=C(\C=C/c2ccccc2)c2ccccc2)cc1I. The van der Waals surface area contributed by atoms with Crippen LogP contribution in [0.25, 0.3) is 6.08 Å². The van der Waals surface area contributed by atoms with Crippen molar-refractivity contribution in [2.75, 3.05) is 7.11 Å². The quantitative estimate of drug-likeness (QED) is 0.300. The molecule has 0 aliphatic carbocycles. The Balaban J connectivity index is 1.83. The number of ether oxygens (including phenoxy) is 1. The average molecular weight is 482 g/mol. The molecule has 3 aromatic rings. The first kappa shape index (κ1) is 19.8. The monoisotopic (exact) mass is 482 g/mol. The molecular formula is C23H19IN2O2. The van der Waals surface area contributed by atoms with Gasteiger partial charge in [0.15, 0.2) is 0 Å². The van der Waals surface area contributed by atoms with E-state index in [1.165, 1.54) is 0 Å². The Morgan fingerprint density at radius 1 is 0.964 bits per heavy atom. The van der Waals surface area contributed by atoms with Gasteiger partial charge in [0.2, 0.25) is 0 Å². The number of nitrogens with one attached hydrogen (secondary N) is 1. The molecule has 140 valence electrons. The van der Waals surface area contributed by atoms with Crippen molar-refractivity contribution in [3.05, 3.63) is 105 Å². The van der Waals surface area contributed by atoms with Crippen LogP contribution in [0.15, 0.2) is 90.0 Å². The average Bonchev–Trinajstić information content (AvgIpc) is 2.75. The van der Waals surface area contributed by atoms with Gasteiger partial charge in [0.05, 0.1) is 16.4 Å². The fraction of sp³-hybridized carbons (Fsp3) is 0.0435. The lowest BCUT2D eigenvalue weighted by Gasteiger charge is -2.07. The molecule has 0 aliphatic heterocycles. The second kappa shape index (κ2) is 9.85. The van der Waals surface area contributed by atoms with Crippen LogP contribution in [0.1, 0.15) is 21.5 Å². The van der Waals surface area contributed by atoms with Gasteiger partial charge in [-0.1, -0.05) is 66.7 Å². The van der Waals surface area contributed by atoms with Gasteiger partial charge in [-0.25, -0.2) is 5.43 Å². The van der Waals surface area contributed by atoms with Crippen molar-refractivity contribution in [2.24, 2.45) is 5.10 Å². The molecule has 1 N–H and O–H groups in total. The number of rotatable bonds is 6. The smallest absolute Gasteiger partial charge is 0.271 e. The fourth-order valence-electron chi connectivity index (χ4n) is 2.53. The molecule has 0 radical (unpaired) electrons. The first-order chi connectivity index (χ1) is 13.7. The number of hydrazone groups is 1. The number of allylic oxidation sites excluding steroid dienone is 1. The zero-order valence-corrected chi connectivity index (χ0v) is 17.5. The molecule has 0 atom stereocenters. The van der Waals surface area contributed by atoms with Crippen LogP contribution < -0.4 is 10.2 Å². The Morgan fingerprint density at radius 2 is 1.64 bits per heavy atom. The first-order valence-corrected chi connectivity index (χ1v) is 9.75. The van der Waals surface area contributed by atoms with Crippen LogP contribution in [0, 0.1) is 3.57 Å². The predicted molar refractivity (Wildman–Crippen MR) is 122 cm³/mol. The van der Waals surface area contributed by atoms with Gasteiger partial charge in [-0.3, -0.25) is 4.79 Å². The zero-order chi connectivity index (χ0) is 19.8. The van der Waals surface area contributed by atoms with E-state index < -0.39 is 0 Å². The molecule has 0 fully saturated rings. The Kier molecular flexibility index (Phi) is 6.97. The first-order valence-electron chi connectivity index (χ1n) is 8.67. The maximum atomic E-state index is 12.5. The van der Waals surface area contributed by atoms with Gasteiger partial charge in [0.25, 0.3) is 5.91 Å². The van der Waals surface area contributed by atoms with Gasteiger partial charge in [-0.2, -0.15) is 5.10 Å². The van der Waals surface area contributed by atoms with Crippen LogP contribution in [-0.2, 0) is 0 Å². The lowest BCUT2D eigenvalue weighted by atomic mass is 10.1. The van der Waals surface area contributed by atoms with Crippen LogP contribution in [0.5, 0.6) is 5.75 Å². The molecule has 0 saturated heterocycles. The highest BCUT2D eigenvalue weighted by molar-refractivity contribution is 14.1. The molecule has 0 saturated carbocycles. The van der Waals surface area contributed by atoms with Crippen LogP contribution in [0.4, 0.5) is 0 Å². The van der Waals surface area contributed by atoms with Gasteiger partial charge in [0.1, 0.15) is 5.75 Å². The number of hydrogen-bond donors (Lipinski definition) is 1. The molecule has 5 heteroatoms. The Labute approximate surface area is 178 Å². The number of carbonyl (C=O) groups is 1. The van der Waals surface area contributed by atoms with Gasteiger partial charge in [0, 0.05) is 11.1 Å². The summed E-state index contributed by atoms with van der Waals surface area (Å²) in [6.45, 7) is 0. The highest BCUT2D eigenvalue weighted by Crippen LogP contribution is 2.21. The van der Waals surface area contributed by atoms with Gasteiger partial charge >= 0.3 is 0 Å². The molecule has 3 aromatic carbocycles. The summed E-state index contributed by atoms with van der Waals surface area (Å²) in [5, 5.41) is 4.35. The van der Waals surface area contributed by atoms with Crippen molar-refractivity contribution in [1.29, 1.82) is 0 Å². The summed E-state index contributed by atoms with van der Waals surface area (Å²) < 4.78 is 6.10. The molecule has 0 unspecified atom stereocenters. The molecule has 0 aromatic heterocycles. The van der Waals surface area contributed by atoms with E-state index in [1.54, 1.807) is 25.3 Å². The summed E-state index contributed by atoms with van der Waals surface area (Å²) in [6.07, 6.45) is 3.86. The molecular weight excluding hydrogens is 463 g/mol. The molecule has 4 nitrogen and oxygen atoms in total. The van der Waals surface area contributed by atoms with E-state index in [2.05, 4.69) is 33.1 Å². The minimum Gasteiger partial charge on any atom is -0.496 e. The standard InChI is InChI=1S/C23H19IN2O2/c1-28-22-15-13-19(16-20(22)24)23(27)26-25-21(18-10-6-3-7-11-18)14-12-17-8-4-2-5-9-17/h2-16H,1H3,(H,26,27)/b14-12-,25-21+. The highest BCUT2D eigenvalue weighted by atomic mass is 127. The van der Waals surface area contributed by atoms with E-state index in [0.717, 1.165) is 20.4 Å². The summed E-state index contributed by atoms with van der Waals surface area (Å²) >= 11 is 2.14. The molecule has 28 heavy (non-hydrogen) atoms. The number of benzene rings is 3. The van der Waals surface area contributed by atoms with E-state index in [0.29, 0.717) is 11.3 Å². The van der Waals surface area contributed by atoms with Gasteiger partial charge in [-0.15, -0.1) is 0 Å². The van der Waals surface area contributed by atoms with Crippen molar-refractivity contribution in [3.8, 4) is 5.75 Å². The second-order valence-electron chi connectivity index (χ2n) is 5.90. The summed E-state index contributed by atoms with van der Waals surface area (Å²) in [4.78, 5) is 12.5. The summed E-state index contributed by atoms with van der Waals surface area (Å²) in [5.41, 5.74) is 5.81. The Hall–Kier alpha value is -2.93. The number of methoxy groups -OCH3 is 1. The van der Waals surface area contributed by atoms with Crippen molar-refractivity contribution >= 4 is 40.3 Å². The van der Waals surface area contributed by atoms with Crippen molar-refractivity contribution in [2.45, 2.75) is 0 Å². The Morgan fingerprint density at radius 3 is 2.29 bits per heavy atom. The predicted octanol–water partition coefficient (Wildman–Crippen LogP) is 5.15. The molecule has 0 aliphatic rings. The van der Waals surface area contributed by atoms with E-state index in [-0.39, 0.29) is 5.91 Å². The minimum absolute atomic E-state index is 0.276. The van der Waals surface area contributed by atoms with Gasteiger partial charge in [-0.05, 0) is 52.4 Å². The maximum absolute atomic E-state index is 12.5. The minimum atomic E-state index is -0.276. The highest BCUT2D eigenvalue weighted by Gasteiger charge is 2.09. The number of carbonyl (C=O) groups excluding carboxylic acids is 1. The summed E-state index contributed by atoms with van der Waals surface area (Å²) in [5.74, 6) is 0.457. The lowest BCUT2D eigenvalue weighted by molar-refractivity contribution is 0.0955. The number of halogens is 1. The van der Waals surface area contributed by atoms with Crippen molar-refractivity contribution < 1.29 is 9.53 Å². The topological polar surface area (TPSA) is 50.7 Å². The molecule has 1 amide bonds.